The molecule has 0 aliphatic carbocycles. The van der Waals surface area contributed by atoms with Crippen LogP contribution in [-0.2, 0) is 26.2 Å². The molecule has 0 spiro atoms. The van der Waals surface area contributed by atoms with Crippen LogP contribution in [0.25, 0.3) is 0 Å². The molecule has 0 aliphatic heterocycles. The Morgan fingerprint density at radius 2 is 1.17 bits per heavy atom. The maximum Gasteiger partial charge on any atom is 0.335 e. The summed E-state index contributed by atoms with van der Waals surface area (Å²) < 4.78 is 0. The van der Waals surface area contributed by atoms with E-state index in [9.17, 15) is 9.59 Å². The molecule has 0 heterocycles. The zero-order valence-corrected chi connectivity index (χ0v) is 11.9. The van der Waals surface area contributed by atoms with Gasteiger partial charge in [0.25, 0.3) is 0 Å². The van der Waals surface area contributed by atoms with Gasteiger partial charge in [-0.1, -0.05) is 42.5 Å². The number of benzene rings is 2. The van der Waals surface area contributed by atoms with Crippen LogP contribution in [0.3, 0.4) is 0 Å². The predicted molar refractivity (Wildman–Crippen MR) is 63.3 cm³/mol. The van der Waals surface area contributed by atoms with E-state index in [4.69, 9.17) is 5.11 Å². The van der Waals surface area contributed by atoms with Gasteiger partial charge in [-0.3, -0.25) is 4.79 Å². The van der Waals surface area contributed by atoms with Crippen molar-refractivity contribution in [2.75, 3.05) is 0 Å². The van der Waals surface area contributed by atoms with Crippen molar-refractivity contribution in [3.8, 4) is 0 Å². The van der Waals surface area contributed by atoms with Gasteiger partial charge in [0.15, 0.2) is 5.78 Å². The fraction of sp³-hybridized carbons (Fsp3) is 0. The standard InChI is InChI=1S/C14H10O3.Zr/c15-13(10-4-2-1-3-5-10)11-6-8-12(9-7-11)14(16)17;/h1-9H,(H,16,17);. The predicted octanol–water partition coefficient (Wildman–Crippen LogP) is 2.61. The minimum Gasteiger partial charge on any atom is -0.478 e. The molecule has 3 nitrogen and oxygen atoms in total. The Morgan fingerprint density at radius 1 is 0.722 bits per heavy atom. The molecule has 18 heavy (non-hydrogen) atoms. The molecule has 0 aromatic heterocycles. The summed E-state index contributed by atoms with van der Waals surface area (Å²) in [6.07, 6.45) is 0. The maximum absolute atomic E-state index is 12.0. The zero-order chi connectivity index (χ0) is 12.3. The normalized spacial score (nSPS) is 9.33. The van der Waals surface area contributed by atoms with Crippen LogP contribution in [0.15, 0.2) is 54.6 Å². The van der Waals surface area contributed by atoms with Crippen molar-refractivity contribution in [2.45, 2.75) is 0 Å². The van der Waals surface area contributed by atoms with Crippen molar-refractivity contribution in [1.82, 2.24) is 0 Å². The van der Waals surface area contributed by atoms with Gasteiger partial charge in [0.05, 0.1) is 5.56 Å². The summed E-state index contributed by atoms with van der Waals surface area (Å²) >= 11 is 0. The molecule has 0 saturated heterocycles. The molecule has 2 aromatic rings. The van der Waals surface area contributed by atoms with Gasteiger partial charge >= 0.3 is 5.97 Å². The topological polar surface area (TPSA) is 54.4 Å². The van der Waals surface area contributed by atoms with Crippen LogP contribution in [0.2, 0.25) is 0 Å². The summed E-state index contributed by atoms with van der Waals surface area (Å²) in [5.74, 6) is -1.11. The van der Waals surface area contributed by atoms with Crippen LogP contribution in [0, 0.1) is 0 Å². The van der Waals surface area contributed by atoms with Crippen LogP contribution < -0.4 is 0 Å². The number of hydrogen-bond acceptors (Lipinski definition) is 2. The molecule has 0 unspecified atom stereocenters. The fourth-order valence-corrected chi connectivity index (χ4v) is 1.52. The van der Waals surface area contributed by atoms with Crippen molar-refractivity contribution < 1.29 is 40.9 Å². The van der Waals surface area contributed by atoms with E-state index in [0.29, 0.717) is 11.1 Å². The molecular weight excluding hydrogens is 307 g/mol. The van der Waals surface area contributed by atoms with E-state index in [1.54, 1.807) is 24.3 Å². The Morgan fingerprint density at radius 3 is 1.67 bits per heavy atom. The molecule has 2 rings (SSSR count). The third kappa shape index (κ3) is 3.24. The van der Waals surface area contributed by atoms with Crippen molar-refractivity contribution in [3.05, 3.63) is 71.3 Å². The molecule has 0 fully saturated rings. The van der Waals surface area contributed by atoms with E-state index in [1.807, 2.05) is 6.07 Å². The molecule has 1 N–H and O–H groups in total. The molecule has 0 saturated carbocycles. The summed E-state index contributed by atoms with van der Waals surface area (Å²) in [7, 11) is 0. The van der Waals surface area contributed by atoms with E-state index in [0.717, 1.165) is 0 Å². The van der Waals surface area contributed by atoms with Gasteiger partial charge in [0, 0.05) is 37.3 Å². The Balaban J connectivity index is 0.00000162. The molecular formula is C14H10O3Zr. The molecule has 0 amide bonds. The van der Waals surface area contributed by atoms with Crippen LogP contribution in [0.5, 0.6) is 0 Å². The number of hydrogen-bond donors (Lipinski definition) is 1. The van der Waals surface area contributed by atoms with E-state index < -0.39 is 5.97 Å². The smallest absolute Gasteiger partial charge is 0.335 e. The van der Waals surface area contributed by atoms with Crippen molar-refractivity contribution >= 4 is 11.8 Å². The van der Waals surface area contributed by atoms with Crippen LogP contribution in [-0.4, -0.2) is 16.9 Å². The number of rotatable bonds is 3. The van der Waals surface area contributed by atoms with Gasteiger partial charge in [-0.25, -0.2) is 4.79 Å². The summed E-state index contributed by atoms with van der Waals surface area (Å²) in [6.45, 7) is 0. The van der Waals surface area contributed by atoms with E-state index in [1.165, 1.54) is 24.3 Å². The number of carboxylic acids is 1. The molecule has 0 aliphatic rings. The first-order valence-electron chi connectivity index (χ1n) is 5.11. The monoisotopic (exact) mass is 316 g/mol. The number of carbonyl (C=O) groups excluding carboxylic acids is 1. The summed E-state index contributed by atoms with van der Waals surface area (Å²) in [5, 5.41) is 8.75. The summed E-state index contributed by atoms with van der Waals surface area (Å²) in [5.41, 5.74) is 1.26. The maximum atomic E-state index is 12.0. The molecule has 0 atom stereocenters. The van der Waals surface area contributed by atoms with Gasteiger partial charge < -0.3 is 5.11 Å². The average molecular weight is 317 g/mol. The van der Waals surface area contributed by atoms with Crippen LogP contribution >= 0.6 is 0 Å². The summed E-state index contributed by atoms with van der Waals surface area (Å²) in [4.78, 5) is 22.6. The quantitative estimate of drug-likeness (QED) is 0.885. The van der Waals surface area contributed by atoms with Crippen LogP contribution in [0.4, 0.5) is 0 Å². The minimum absolute atomic E-state index is 0. The van der Waals surface area contributed by atoms with Crippen molar-refractivity contribution in [3.63, 3.8) is 0 Å². The third-order valence-corrected chi connectivity index (χ3v) is 2.43. The first kappa shape index (κ1) is 14.5. The van der Waals surface area contributed by atoms with E-state index in [2.05, 4.69) is 0 Å². The minimum atomic E-state index is -0.997. The molecule has 88 valence electrons. The van der Waals surface area contributed by atoms with E-state index >= 15 is 0 Å². The number of ketones is 1. The SMILES string of the molecule is O=C(O)c1ccc(C(=O)c2ccccc2)cc1.[Zr]. The van der Waals surface area contributed by atoms with Gasteiger partial charge in [0.1, 0.15) is 0 Å². The molecule has 0 bridgehead atoms. The number of carboxylic acid groups (broad SMARTS) is 1. The third-order valence-electron chi connectivity index (χ3n) is 2.43. The molecule has 2 aromatic carbocycles. The van der Waals surface area contributed by atoms with Crippen molar-refractivity contribution in [1.29, 1.82) is 0 Å². The first-order chi connectivity index (χ1) is 8.18. The Bertz CT molecular complexity index is 547. The Hall–Kier alpha value is -1.54. The molecule has 0 radical (unpaired) electrons. The summed E-state index contributed by atoms with van der Waals surface area (Å²) in [6, 6.07) is 14.8. The van der Waals surface area contributed by atoms with Crippen LogP contribution in [0.1, 0.15) is 26.3 Å². The first-order valence-corrected chi connectivity index (χ1v) is 5.11. The van der Waals surface area contributed by atoms with Crippen molar-refractivity contribution in [2.24, 2.45) is 0 Å². The van der Waals surface area contributed by atoms with Gasteiger partial charge in [-0.05, 0) is 12.1 Å². The average Bonchev–Trinajstić information content (AvgIpc) is 2.39. The largest absolute Gasteiger partial charge is 0.478 e. The van der Waals surface area contributed by atoms with E-state index in [-0.39, 0.29) is 37.6 Å². The second-order valence-corrected chi connectivity index (χ2v) is 3.58. The number of carbonyl (C=O) groups is 2. The fourth-order valence-electron chi connectivity index (χ4n) is 1.52. The Labute approximate surface area is 124 Å². The molecule has 4 heteroatoms. The van der Waals surface area contributed by atoms with Gasteiger partial charge in [-0.2, -0.15) is 0 Å². The van der Waals surface area contributed by atoms with Gasteiger partial charge in [0.2, 0.25) is 0 Å². The Kier molecular flexibility index (Phi) is 5.17. The second-order valence-electron chi connectivity index (χ2n) is 3.58. The number of aromatic carboxylic acids is 1. The zero-order valence-electron chi connectivity index (χ0n) is 9.46. The second kappa shape index (κ2) is 6.41. The van der Waals surface area contributed by atoms with Gasteiger partial charge in [-0.15, -0.1) is 0 Å².